The fraction of sp³-hybridized carbons (Fsp3) is 0.333. The van der Waals surface area contributed by atoms with E-state index < -0.39 is 27.4 Å². The van der Waals surface area contributed by atoms with Gasteiger partial charge < -0.3 is 9.47 Å². The molecule has 0 bridgehead atoms. The molecule has 0 aromatic heterocycles. The number of hydrogen-bond donors (Lipinski definition) is 0. The quantitative estimate of drug-likeness (QED) is 0.782. The molecule has 7 heteroatoms. The Morgan fingerprint density at radius 3 is 2.58 bits per heavy atom. The van der Waals surface area contributed by atoms with Crippen LogP contribution in [0.1, 0.15) is 17.5 Å². The molecular formula is C12H10F2O4S. The smallest absolute Gasteiger partial charge is 0.278 e. The minimum atomic E-state index is -4.12. The molecule has 0 saturated heterocycles. The van der Waals surface area contributed by atoms with E-state index in [2.05, 4.69) is 0 Å². The summed E-state index contributed by atoms with van der Waals surface area (Å²) in [5.41, 5.74) is 0.286. The largest absolute Gasteiger partial charge is 0.453 e. The Balaban J connectivity index is 2.28. The zero-order valence-electron chi connectivity index (χ0n) is 9.73. The molecule has 0 atom stereocenters. The van der Waals surface area contributed by atoms with Crippen LogP contribution in [0.25, 0.3) is 0 Å². The van der Waals surface area contributed by atoms with Crippen molar-refractivity contribution in [2.75, 3.05) is 6.01 Å². The summed E-state index contributed by atoms with van der Waals surface area (Å²) in [5.74, 6) is -1.88. The third kappa shape index (κ3) is 1.64. The Kier molecular flexibility index (Phi) is 2.57. The minimum absolute atomic E-state index is 0.0788. The number of alkyl halides is 1. The molecule has 0 fully saturated rings. The fourth-order valence-corrected chi connectivity index (χ4v) is 3.52. The number of benzene rings is 1. The van der Waals surface area contributed by atoms with E-state index in [4.69, 9.17) is 9.47 Å². The first-order valence-electron chi connectivity index (χ1n) is 5.61. The molecule has 1 aromatic carbocycles. The van der Waals surface area contributed by atoms with Crippen LogP contribution in [0.4, 0.5) is 8.78 Å². The van der Waals surface area contributed by atoms with E-state index in [0.29, 0.717) is 0 Å². The lowest BCUT2D eigenvalue weighted by Crippen LogP contribution is -2.26. The molecule has 1 aliphatic carbocycles. The molecular weight excluding hydrogens is 278 g/mol. The third-order valence-corrected chi connectivity index (χ3v) is 4.65. The zero-order chi connectivity index (χ0) is 13.7. The van der Waals surface area contributed by atoms with Crippen molar-refractivity contribution in [1.82, 2.24) is 0 Å². The summed E-state index contributed by atoms with van der Waals surface area (Å²) in [7, 11) is -4.12. The van der Waals surface area contributed by atoms with Crippen LogP contribution < -0.4 is 0 Å². The van der Waals surface area contributed by atoms with E-state index in [1.54, 1.807) is 0 Å². The second-order valence-electron chi connectivity index (χ2n) is 4.38. The lowest BCUT2D eigenvalue weighted by atomic mass is 10.1. The maximum atomic E-state index is 13.8. The number of sulfone groups is 1. The molecule has 4 nitrogen and oxygen atoms in total. The van der Waals surface area contributed by atoms with E-state index in [1.807, 2.05) is 0 Å². The molecule has 3 rings (SSSR count). The zero-order valence-corrected chi connectivity index (χ0v) is 10.5. The average Bonchev–Trinajstić information content (AvgIpc) is 3.00. The molecule has 19 heavy (non-hydrogen) atoms. The highest BCUT2D eigenvalue weighted by molar-refractivity contribution is 7.91. The molecule has 102 valence electrons. The van der Waals surface area contributed by atoms with E-state index in [1.165, 1.54) is 12.5 Å². The van der Waals surface area contributed by atoms with Crippen molar-refractivity contribution in [3.63, 3.8) is 0 Å². The summed E-state index contributed by atoms with van der Waals surface area (Å²) < 4.78 is 60.7. The van der Waals surface area contributed by atoms with Gasteiger partial charge in [-0.25, -0.2) is 17.2 Å². The summed E-state index contributed by atoms with van der Waals surface area (Å²) in [6.07, 6.45) is 3.10. The molecule has 1 aromatic rings. The highest BCUT2D eigenvalue weighted by Crippen LogP contribution is 2.47. The Morgan fingerprint density at radius 2 is 1.95 bits per heavy atom. The van der Waals surface area contributed by atoms with Gasteiger partial charge in [-0.2, -0.15) is 0 Å². The molecule has 0 saturated carbocycles. The van der Waals surface area contributed by atoms with Gasteiger partial charge in [-0.3, -0.25) is 0 Å². The standard InChI is InChI=1S/C12H10F2O4S/c13-7-19(15,16)10-2-1-9(14)8-3-4-12(11(8)10)17-5-6-18-12/h1-2,5-6H,3-4,7H2. The van der Waals surface area contributed by atoms with Crippen LogP contribution in [0.3, 0.4) is 0 Å². The monoisotopic (exact) mass is 288 g/mol. The van der Waals surface area contributed by atoms with Crippen molar-refractivity contribution in [2.24, 2.45) is 0 Å². The maximum absolute atomic E-state index is 13.8. The van der Waals surface area contributed by atoms with Crippen LogP contribution >= 0.6 is 0 Å². The van der Waals surface area contributed by atoms with Gasteiger partial charge in [0.05, 0.1) is 10.5 Å². The first-order chi connectivity index (χ1) is 9.00. The summed E-state index contributed by atoms with van der Waals surface area (Å²) in [5, 5.41) is 0. The highest BCUT2D eigenvalue weighted by atomic mass is 32.2. The van der Waals surface area contributed by atoms with Crippen LogP contribution in [-0.2, 0) is 31.5 Å². The SMILES string of the molecule is O=S(=O)(CF)c1ccc(F)c2c1C1(CC2)OC=CO1. The number of halogens is 2. The Morgan fingerprint density at radius 1 is 1.26 bits per heavy atom. The van der Waals surface area contributed by atoms with Crippen LogP contribution in [-0.4, -0.2) is 14.4 Å². The lowest BCUT2D eigenvalue weighted by Gasteiger charge is -2.25. The first kappa shape index (κ1) is 12.4. The number of ether oxygens (including phenoxy) is 2. The second-order valence-corrected chi connectivity index (χ2v) is 6.27. The molecule has 0 N–H and O–H groups in total. The maximum Gasteiger partial charge on any atom is 0.278 e. The summed E-state index contributed by atoms with van der Waals surface area (Å²) in [6.45, 7) is 0. The Hall–Kier alpha value is -1.63. The van der Waals surface area contributed by atoms with Crippen molar-refractivity contribution < 1.29 is 26.7 Å². The second kappa shape index (κ2) is 3.93. The summed E-state index contributed by atoms with van der Waals surface area (Å²) in [6, 6.07) is 0.540. The molecule has 0 radical (unpaired) electrons. The number of hydrogen-bond acceptors (Lipinski definition) is 4. The van der Waals surface area contributed by atoms with Crippen molar-refractivity contribution in [2.45, 2.75) is 23.5 Å². The van der Waals surface area contributed by atoms with Crippen LogP contribution in [0.15, 0.2) is 29.6 Å². The molecule has 1 heterocycles. The van der Waals surface area contributed by atoms with Gasteiger partial charge in [0.1, 0.15) is 18.3 Å². The first-order valence-corrected chi connectivity index (χ1v) is 7.27. The van der Waals surface area contributed by atoms with Gasteiger partial charge in [-0.1, -0.05) is 0 Å². The number of rotatable bonds is 2. The normalized spacial score (nSPS) is 19.3. The van der Waals surface area contributed by atoms with E-state index in [0.717, 1.165) is 12.1 Å². The lowest BCUT2D eigenvalue weighted by molar-refractivity contribution is -0.148. The summed E-state index contributed by atoms with van der Waals surface area (Å²) >= 11 is 0. The predicted octanol–water partition coefficient (Wildman–Crippen LogP) is 2.14. The Bertz CT molecular complexity index is 659. The predicted molar refractivity (Wildman–Crippen MR) is 60.9 cm³/mol. The van der Waals surface area contributed by atoms with Crippen LogP contribution in [0.5, 0.6) is 0 Å². The van der Waals surface area contributed by atoms with Crippen molar-refractivity contribution in [1.29, 1.82) is 0 Å². The average molecular weight is 288 g/mol. The van der Waals surface area contributed by atoms with E-state index >= 15 is 0 Å². The van der Waals surface area contributed by atoms with Gasteiger partial charge in [-0.05, 0) is 18.6 Å². The molecule has 0 unspecified atom stereocenters. The van der Waals surface area contributed by atoms with E-state index in [9.17, 15) is 17.2 Å². The summed E-state index contributed by atoms with van der Waals surface area (Å²) in [4.78, 5) is -0.271. The van der Waals surface area contributed by atoms with Crippen LogP contribution in [0, 0.1) is 5.82 Å². The van der Waals surface area contributed by atoms with Gasteiger partial charge in [0, 0.05) is 12.0 Å². The molecule has 1 spiro atoms. The highest BCUT2D eigenvalue weighted by Gasteiger charge is 2.49. The van der Waals surface area contributed by atoms with Gasteiger partial charge in [-0.15, -0.1) is 0 Å². The topological polar surface area (TPSA) is 52.6 Å². The van der Waals surface area contributed by atoms with Crippen molar-refractivity contribution in [3.05, 3.63) is 41.6 Å². The van der Waals surface area contributed by atoms with Gasteiger partial charge in [0.15, 0.2) is 6.01 Å². The van der Waals surface area contributed by atoms with Crippen molar-refractivity contribution >= 4 is 9.84 Å². The Labute approximate surface area is 108 Å². The molecule has 2 aliphatic rings. The fourth-order valence-electron chi connectivity index (χ4n) is 2.53. The number of fused-ring (bicyclic) bond motifs is 2. The minimum Gasteiger partial charge on any atom is -0.453 e. The molecule has 1 aliphatic heterocycles. The van der Waals surface area contributed by atoms with Gasteiger partial charge in [0.2, 0.25) is 9.84 Å². The van der Waals surface area contributed by atoms with E-state index in [-0.39, 0.29) is 28.9 Å². The van der Waals surface area contributed by atoms with Crippen molar-refractivity contribution in [3.8, 4) is 0 Å². The molecule has 0 amide bonds. The third-order valence-electron chi connectivity index (χ3n) is 3.35. The van der Waals surface area contributed by atoms with Gasteiger partial charge in [0.25, 0.3) is 5.79 Å². The van der Waals surface area contributed by atoms with Crippen LogP contribution in [0.2, 0.25) is 0 Å². The van der Waals surface area contributed by atoms with Gasteiger partial charge >= 0.3 is 0 Å².